The van der Waals surface area contributed by atoms with E-state index in [4.69, 9.17) is 0 Å². The number of hydrogen-bond acceptors (Lipinski definition) is 2. The number of alkyl halides is 2. The Balaban J connectivity index is 3.79. The van der Waals surface area contributed by atoms with Crippen LogP contribution in [0.5, 0.6) is 0 Å². The summed E-state index contributed by atoms with van der Waals surface area (Å²) in [5.74, 6) is 0. The van der Waals surface area contributed by atoms with Gasteiger partial charge in [-0.05, 0) is 28.5 Å². The van der Waals surface area contributed by atoms with Crippen LogP contribution in [0.2, 0.25) is 0 Å². The standard InChI is InChI=1S/C15H21F2NO2/c1-14(2,3)9-7-10(13(16)17)12(18(19)20)11(8-9)15(4,5)6/h7-8,13H,1-6H3. The van der Waals surface area contributed by atoms with Crippen molar-refractivity contribution in [3.8, 4) is 0 Å². The lowest BCUT2D eigenvalue weighted by atomic mass is 9.78. The summed E-state index contributed by atoms with van der Waals surface area (Å²) >= 11 is 0. The zero-order valence-corrected chi connectivity index (χ0v) is 12.8. The van der Waals surface area contributed by atoms with Crippen LogP contribution in [-0.4, -0.2) is 4.92 Å². The van der Waals surface area contributed by atoms with Gasteiger partial charge in [-0.15, -0.1) is 0 Å². The molecule has 0 aliphatic heterocycles. The molecule has 0 unspecified atom stereocenters. The zero-order chi connectivity index (χ0) is 15.9. The Hall–Kier alpha value is -1.52. The van der Waals surface area contributed by atoms with Gasteiger partial charge in [0.05, 0.1) is 10.5 Å². The minimum Gasteiger partial charge on any atom is -0.258 e. The van der Waals surface area contributed by atoms with Gasteiger partial charge in [-0.3, -0.25) is 10.1 Å². The molecule has 0 N–H and O–H groups in total. The highest BCUT2D eigenvalue weighted by Crippen LogP contribution is 2.41. The van der Waals surface area contributed by atoms with Crippen LogP contribution in [0, 0.1) is 10.1 Å². The van der Waals surface area contributed by atoms with Gasteiger partial charge in [-0.2, -0.15) is 0 Å². The number of nitro benzene ring substituents is 1. The van der Waals surface area contributed by atoms with Gasteiger partial charge in [-0.1, -0.05) is 41.5 Å². The summed E-state index contributed by atoms with van der Waals surface area (Å²) in [6, 6.07) is 2.95. The van der Waals surface area contributed by atoms with Crippen molar-refractivity contribution in [3.05, 3.63) is 38.9 Å². The summed E-state index contributed by atoms with van der Waals surface area (Å²) in [5, 5.41) is 11.2. The minimum absolute atomic E-state index is 0.348. The van der Waals surface area contributed by atoms with Gasteiger partial charge in [0.25, 0.3) is 12.1 Å². The molecule has 0 aliphatic rings. The van der Waals surface area contributed by atoms with Crippen molar-refractivity contribution >= 4 is 5.69 Å². The quantitative estimate of drug-likeness (QED) is 0.558. The lowest BCUT2D eigenvalue weighted by molar-refractivity contribution is -0.387. The lowest BCUT2D eigenvalue weighted by Gasteiger charge is -2.26. The van der Waals surface area contributed by atoms with Gasteiger partial charge in [0.1, 0.15) is 0 Å². The van der Waals surface area contributed by atoms with Crippen molar-refractivity contribution in [2.75, 3.05) is 0 Å². The summed E-state index contributed by atoms with van der Waals surface area (Å²) in [4.78, 5) is 10.5. The summed E-state index contributed by atoms with van der Waals surface area (Å²) in [5.41, 5.74) is -0.840. The molecule has 0 fully saturated rings. The zero-order valence-electron chi connectivity index (χ0n) is 12.8. The molecule has 0 amide bonds. The normalized spacial score (nSPS) is 12.8. The first-order chi connectivity index (χ1) is 8.85. The third-order valence-corrected chi connectivity index (χ3v) is 3.23. The maximum absolute atomic E-state index is 13.2. The maximum Gasteiger partial charge on any atom is 0.282 e. The van der Waals surface area contributed by atoms with Gasteiger partial charge >= 0.3 is 0 Å². The lowest BCUT2D eigenvalue weighted by Crippen LogP contribution is -2.19. The molecule has 112 valence electrons. The Labute approximate surface area is 118 Å². The molecular formula is C15H21F2NO2. The van der Waals surface area contributed by atoms with E-state index in [1.807, 2.05) is 20.8 Å². The highest BCUT2D eigenvalue weighted by molar-refractivity contribution is 5.55. The van der Waals surface area contributed by atoms with Gasteiger partial charge in [-0.25, -0.2) is 8.78 Å². The molecule has 0 bridgehead atoms. The van der Waals surface area contributed by atoms with Crippen molar-refractivity contribution in [1.29, 1.82) is 0 Å². The van der Waals surface area contributed by atoms with E-state index in [-0.39, 0.29) is 5.41 Å². The van der Waals surface area contributed by atoms with Crippen molar-refractivity contribution in [1.82, 2.24) is 0 Å². The molecule has 1 aromatic rings. The Bertz CT molecular complexity index is 526. The highest BCUT2D eigenvalue weighted by atomic mass is 19.3. The molecule has 1 rings (SSSR count). The molecule has 0 saturated carbocycles. The predicted molar refractivity (Wildman–Crippen MR) is 75.5 cm³/mol. The monoisotopic (exact) mass is 285 g/mol. The van der Waals surface area contributed by atoms with Crippen molar-refractivity contribution < 1.29 is 13.7 Å². The van der Waals surface area contributed by atoms with Crippen LogP contribution in [-0.2, 0) is 10.8 Å². The Morgan fingerprint density at radius 1 is 1.05 bits per heavy atom. The number of nitro groups is 1. The molecule has 0 heterocycles. The van der Waals surface area contributed by atoms with Gasteiger partial charge in [0.15, 0.2) is 0 Å². The number of nitrogens with zero attached hydrogens (tertiary/aromatic N) is 1. The van der Waals surface area contributed by atoms with Crippen molar-refractivity contribution in [2.45, 2.75) is 58.8 Å². The average Bonchev–Trinajstić information content (AvgIpc) is 2.24. The second kappa shape index (κ2) is 5.11. The molecule has 20 heavy (non-hydrogen) atoms. The summed E-state index contributed by atoms with van der Waals surface area (Å²) in [6.45, 7) is 11.1. The summed E-state index contributed by atoms with van der Waals surface area (Å²) < 4.78 is 26.4. The Morgan fingerprint density at radius 3 is 1.85 bits per heavy atom. The van der Waals surface area contributed by atoms with Crippen molar-refractivity contribution in [3.63, 3.8) is 0 Å². The first-order valence-electron chi connectivity index (χ1n) is 6.47. The van der Waals surface area contributed by atoms with Crippen LogP contribution in [0.15, 0.2) is 12.1 Å². The molecule has 0 saturated heterocycles. The topological polar surface area (TPSA) is 43.1 Å². The fraction of sp³-hybridized carbons (Fsp3) is 0.600. The molecule has 0 aliphatic carbocycles. The number of halogens is 2. The van der Waals surface area contributed by atoms with E-state index in [0.29, 0.717) is 11.1 Å². The van der Waals surface area contributed by atoms with E-state index < -0.39 is 28.0 Å². The second-order valence-corrected chi connectivity index (χ2v) is 7.02. The van der Waals surface area contributed by atoms with E-state index in [1.165, 1.54) is 6.07 Å². The van der Waals surface area contributed by atoms with Gasteiger partial charge in [0.2, 0.25) is 0 Å². The van der Waals surface area contributed by atoms with Crippen LogP contribution in [0.3, 0.4) is 0 Å². The second-order valence-electron chi connectivity index (χ2n) is 7.02. The van der Waals surface area contributed by atoms with Crippen LogP contribution >= 0.6 is 0 Å². The summed E-state index contributed by atoms with van der Waals surface area (Å²) in [6.07, 6.45) is -2.86. The number of benzene rings is 1. The average molecular weight is 285 g/mol. The first-order valence-corrected chi connectivity index (χ1v) is 6.47. The van der Waals surface area contributed by atoms with E-state index in [0.717, 1.165) is 0 Å². The fourth-order valence-electron chi connectivity index (χ4n) is 2.03. The molecule has 1 aromatic carbocycles. The molecule has 3 nitrogen and oxygen atoms in total. The van der Waals surface area contributed by atoms with E-state index in [9.17, 15) is 18.9 Å². The van der Waals surface area contributed by atoms with Crippen molar-refractivity contribution in [2.24, 2.45) is 0 Å². The third-order valence-electron chi connectivity index (χ3n) is 3.23. The van der Waals surface area contributed by atoms with Crippen LogP contribution < -0.4 is 0 Å². The van der Waals surface area contributed by atoms with E-state index in [1.54, 1.807) is 26.8 Å². The Kier molecular flexibility index (Phi) is 4.22. The van der Waals surface area contributed by atoms with Gasteiger partial charge < -0.3 is 0 Å². The fourth-order valence-corrected chi connectivity index (χ4v) is 2.03. The number of rotatable bonds is 2. The largest absolute Gasteiger partial charge is 0.282 e. The molecule has 0 spiro atoms. The maximum atomic E-state index is 13.2. The number of hydrogen-bond donors (Lipinski definition) is 0. The van der Waals surface area contributed by atoms with E-state index >= 15 is 0 Å². The van der Waals surface area contributed by atoms with E-state index in [2.05, 4.69) is 0 Å². The van der Waals surface area contributed by atoms with Crippen LogP contribution in [0.4, 0.5) is 14.5 Å². The van der Waals surface area contributed by atoms with Crippen LogP contribution in [0.1, 0.15) is 64.7 Å². The van der Waals surface area contributed by atoms with Crippen LogP contribution in [0.25, 0.3) is 0 Å². The summed E-state index contributed by atoms with van der Waals surface area (Å²) in [7, 11) is 0. The molecule has 0 radical (unpaired) electrons. The smallest absolute Gasteiger partial charge is 0.258 e. The SMILES string of the molecule is CC(C)(C)c1cc(C(F)F)c([N+](=O)[O-])c(C(C)(C)C)c1. The minimum atomic E-state index is -2.86. The Morgan fingerprint density at radius 2 is 1.55 bits per heavy atom. The molecular weight excluding hydrogens is 264 g/mol. The molecule has 0 atom stereocenters. The first kappa shape index (κ1) is 16.5. The molecule has 0 aromatic heterocycles. The third kappa shape index (κ3) is 3.32. The van der Waals surface area contributed by atoms with Gasteiger partial charge in [0, 0.05) is 5.56 Å². The highest BCUT2D eigenvalue weighted by Gasteiger charge is 2.33. The predicted octanol–water partition coefficient (Wildman–Crippen LogP) is 5.13. The molecule has 5 heteroatoms.